The molecule has 1 unspecified atom stereocenters. The molecule has 0 aliphatic rings. The fourth-order valence-corrected chi connectivity index (χ4v) is 1.58. The molecule has 0 aromatic carbocycles. The highest BCUT2D eigenvalue weighted by Crippen LogP contribution is 2.25. The Morgan fingerprint density at radius 3 is 1.40 bits per heavy atom. The summed E-state index contributed by atoms with van der Waals surface area (Å²) < 4.78 is 0. The Labute approximate surface area is 66.0 Å². The summed E-state index contributed by atoms with van der Waals surface area (Å²) in [7, 11) is 0. The van der Waals surface area contributed by atoms with Crippen molar-refractivity contribution >= 4 is 0 Å². The number of hydrogen-bond acceptors (Lipinski definition) is 0. The van der Waals surface area contributed by atoms with E-state index in [1.54, 1.807) is 0 Å². The molecular formula is C10H22. The van der Waals surface area contributed by atoms with E-state index in [0.29, 0.717) is 0 Å². The van der Waals surface area contributed by atoms with E-state index in [2.05, 4.69) is 34.6 Å². The minimum Gasteiger partial charge on any atom is -0.0651 e. The Hall–Kier alpha value is 0. The predicted molar refractivity (Wildman–Crippen MR) is 48.1 cm³/mol. The Morgan fingerprint density at radius 1 is 0.900 bits per heavy atom. The SMILES string of the molecule is CCC(CC)C(C)C(C)C. The minimum atomic E-state index is 0.852. The molecule has 0 aliphatic heterocycles. The molecule has 0 bridgehead atoms. The summed E-state index contributed by atoms with van der Waals surface area (Å²) in [6, 6.07) is 0. The largest absolute Gasteiger partial charge is 0.0651 e. The van der Waals surface area contributed by atoms with Crippen LogP contribution >= 0.6 is 0 Å². The van der Waals surface area contributed by atoms with Crippen LogP contribution in [0.25, 0.3) is 0 Å². The molecule has 0 rings (SSSR count). The first-order valence-corrected chi connectivity index (χ1v) is 4.63. The van der Waals surface area contributed by atoms with Crippen LogP contribution in [-0.4, -0.2) is 0 Å². The molecule has 0 nitrogen and oxygen atoms in total. The van der Waals surface area contributed by atoms with Gasteiger partial charge in [0.25, 0.3) is 0 Å². The second-order valence-electron chi connectivity index (χ2n) is 3.68. The van der Waals surface area contributed by atoms with Crippen molar-refractivity contribution in [2.24, 2.45) is 17.8 Å². The van der Waals surface area contributed by atoms with Gasteiger partial charge in [0.2, 0.25) is 0 Å². The summed E-state index contributed by atoms with van der Waals surface area (Å²) in [6.07, 6.45) is 2.69. The van der Waals surface area contributed by atoms with Crippen molar-refractivity contribution in [1.29, 1.82) is 0 Å². The summed E-state index contributed by atoms with van der Waals surface area (Å²) in [5.41, 5.74) is 0. The van der Waals surface area contributed by atoms with Crippen molar-refractivity contribution in [2.45, 2.75) is 47.5 Å². The normalized spacial score (nSPS) is 14.7. The molecule has 0 heterocycles. The average molecular weight is 142 g/mol. The van der Waals surface area contributed by atoms with Crippen LogP contribution in [0.15, 0.2) is 0 Å². The predicted octanol–water partition coefficient (Wildman–Crippen LogP) is 3.71. The molecule has 1 atom stereocenters. The van der Waals surface area contributed by atoms with Gasteiger partial charge < -0.3 is 0 Å². The van der Waals surface area contributed by atoms with E-state index in [4.69, 9.17) is 0 Å². The monoisotopic (exact) mass is 142 g/mol. The van der Waals surface area contributed by atoms with Crippen molar-refractivity contribution in [3.8, 4) is 0 Å². The lowest BCUT2D eigenvalue weighted by atomic mass is 9.82. The van der Waals surface area contributed by atoms with Crippen LogP contribution < -0.4 is 0 Å². The van der Waals surface area contributed by atoms with Crippen molar-refractivity contribution < 1.29 is 0 Å². The van der Waals surface area contributed by atoms with Gasteiger partial charge in [-0.25, -0.2) is 0 Å². The van der Waals surface area contributed by atoms with Crippen LogP contribution in [0, 0.1) is 17.8 Å². The molecule has 0 spiro atoms. The van der Waals surface area contributed by atoms with Gasteiger partial charge in [-0.2, -0.15) is 0 Å². The van der Waals surface area contributed by atoms with E-state index in [9.17, 15) is 0 Å². The zero-order valence-corrected chi connectivity index (χ0v) is 8.15. The second-order valence-corrected chi connectivity index (χ2v) is 3.68. The third-order valence-corrected chi connectivity index (χ3v) is 2.84. The van der Waals surface area contributed by atoms with Gasteiger partial charge in [-0.15, -0.1) is 0 Å². The Balaban J connectivity index is 3.76. The topological polar surface area (TPSA) is 0 Å². The minimum absolute atomic E-state index is 0.852. The molecule has 0 radical (unpaired) electrons. The maximum absolute atomic E-state index is 2.38. The van der Waals surface area contributed by atoms with E-state index >= 15 is 0 Å². The van der Waals surface area contributed by atoms with Gasteiger partial charge in [-0.3, -0.25) is 0 Å². The van der Waals surface area contributed by atoms with Gasteiger partial charge in [-0.1, -0.05) is 47.5 Å². The summed E-state index contributed by atoms with van der Waals surface area (Å²) in [5, 5.41) is 0. The molecule has 0 aromatic rings. The zero-order chi connectivity index (χ0) is 8.15. The standard InChI is InChI=1S/C10H22/c1-6-10(7-2)9(5)8(3)4/h8-10H,6-7H2,1-5H3. The van der Waals surface area contributed by atoms with Gasteiger partial charge in [0.15, 0.2) is 0 Å². The van der Waals surface area contributed by atoms with Gasteiger partial charge in [0.1, 0.15) is 0 Å². The summed E-state index contributed by atoms with van der Waals surface area (Å²) >= 11 is 0. The van der Waals surface area contributed by atoms with Gasteiger partial charge >= 0.3 is 0 Å². The van der Waals surface area contributed by atoms with Crippen LogP contribution in [-0.2, 0) is 0 Å². The highest BCUT2D eigenvalue weighted by molar-refractivity contribution is 4.66. The van der Waals surface area contributed by atoms with Gasteiger partial charge in [0.05, 0.1) is 0 Å². The van der Waals surface area contributed by atoms with Crippen molar-refractivity contribution in [2.75, 3.05) is 0 Å². The van der Waals surface area contributed by atoms with Crippen LogP contribution in [0.4, 0.5) is 0 Å². The molecule has 0 saturated carbocycles. The third kappa shape index (κ3) is 2.72. The second kappa shape index (κ2) is 4.76. The van der Waals surface area contributed by atoms with E-state index in [0.717, 1.165) is 17.8 Å². The molecule has 62 valence electrons. The number of hydrogen-bond donors (Lipinski definition) is 0. The maximum atomic E-state index is 2.38. The van der Waals surface area contributed by atoms with Gasteiger partial charge in [0, 0.05) is 0 Å². The smallest absolute Gasteiger partial charge is 0.0391 e. The Morgan fingerprint density at radius 2 is 1.30 bits per heavy atom. The molecule has 0 aliphatic carbocycles. The maximum Gasteiger partial charge on any atom is -0.0391 e. The molecule has 0 amide bonds. The molecule has 0 fully saturated rings. The lowest BCUT2D eigenvalue weighted by Gasteiger charge is -2.24. The summed E-state index contributed by atoms with van der Waals surface area (Å²) in [4.78, 5) is 0. The lowest BCUT2D eigenvalue weighted by molar-refractivity contribution is 0.262. The van der Waals surface area contributed by atoms with E-state index in [-0.39, 0.29) is 0 Å². The van der Waals surface area contributed by atoms with E-state index < -0.39 is 0 Å². The van der Waals surface area contributed by atoms with Crippen LogP contribution in [0.3, 0.4) is 0 Å². The van der Waals surface area contributed by atoms with Crippen molar-refractivity contribution in [3.63, 3.8) is 0 Å². The molecular weight excluding hydrogens is 120 g/mol. The molecule has 0 heteroatoms. The molecule has 0 N–H and O–H groups in total. The van der Waals surface area contributed by atoms with Crippen LogP contribution in [0.1, 0.15) is 47.5 Å². The first kappa shape index (κ1) is 10.0. The first-order valence-electron chi connectivity index (χ1n) is 4.63. The average Bonchev–Trinajstić information content (AvgIpc) is 1.90. The van der Waals surface area contributed by atoms with Crippen molar-refractivity contribution in [1.82, 2.24) is 0 Å². The Kier molecular flexibility index (Phi) is 4.76. The zero-order valence-electron chi connectivity index (χ0n) is 8.15. The van der Waals surface area contributed by atoms with Crippen molar-refractivity contribution in [3.05, 3.63) is 0 Å². The summed E-state index contributed by atoms with van der Waals surface area (Å²) in [5.74, 6) is 2.69. The molecule has 0 saturated heterocycles. The highest BCUT2D eigenvalue weighted by Gasteiger charge is 2.15. The fourth-order valence-electron chi connectivity index (χ4n) is 1.58. The first-order chi connectivity index (χ1) is 4.63. The Bertz CT molecular complexity index is 70.1. The van der Waals surface area contributed by atoms with Gasteiger partial charge in [-0.05, 0) is 17.8 Å². The number of rotatable bonds is 4. The quantitative estimate of drug-likeness (QED) is 0.561. The molecule has 0 aromatic heterocycles. The summed E-state index contributed by atoms with van der Waals surface area (Å²) in [6.45, 7) is 11.6. The van der Waals surface area contributed by atoms with Crippen LogP contribution in [0.5, 0.6) is 0 Å². The van der Waals surface area contributed by atoms with E-state index in [1.165, 1.54) is 12.8 Å². The third-order valence-electron chi connectivity index (χ3n) is 2.84. The fraction of sp³-hybridized carbons (Fsp3) is 1.00. The van der Waals surface area contributed by atoms with E-state index in [1.807, 2.05) is 0 Å². The molecule has 10 heavy (non-hydrogen) atoms. The van der Waals surface area contributed by atoms with Crippen LogP contribution in [0.2, 0.25) is 0 Å². The highest BCUT2D eigenvalue weighted by atomic mass is 14.2. The lowest BCUT2D eigenvalue weighted by Crippen LogP contribution is -2.15.